The van der Waals surface area contributed by atoms with Crippen LogP contribution in [-0.2, 0) is 0 Å². The number of halogens is 1. The van der Waals surface area contributed by atoms with Crippen LogP contribution in [0.4, 0.5) is 11.6 Å². The number of aromatic nitrogens is 4. The number of rotatable bonds is 4. The molecule has 3 aromatic rings. The third-order valence-corrected chi connectivity index (χ3v) is 3.46. The van der Waals surface area contributed by atoms with Crippen LogP contribution in [0.1, 0.15) is 6.92 Å². The summed E-state index contributed by atoms with van der Waals surface area (Å²) in [6.07, 6.45) is 0. The fourth-order valence-corrected chi connectivity index (χ4v) is 2.59. The Morgan fingerprint density at radius 1 is 1.47 bits per heavy atom. The molecule has 0 bridgehead atoms. The highest BCUT2D eigenvalue weighted by atomic mass is 35.5. The van der Waals surface area contributed by atoms with Crippen LogP contribution in [0.5, 0.6) is 5.88 Å². The molecule has 19 heavy (non-hydrogen) atoms. The molecule has 3 aromatic heterocycles. The van der Waals surface area contributed by atoms with Gasteiger partial charge in [0.25, 0.3) is 0 Å². The quantitative estimate of drug-likeness (QED) is 0.723. The van der Waals surface area contributed by atoms with Crippen molar-refractivity contribution in [2.24, 2.45) is 0 Å². The van der Waals surface area contributed by atoms with Crippen molar-refractivity contribution in [3.63, 3.8) is 0 Å². The van der Waals surface area contributed by atoms with E-state index in [-0.39, 0.29) is 5.28 Å². The molecule has 0 aliphatic heterocycles. The Morgan fingerprint density at radius 2 is 2.37 bits per heavy atom. The van der Waals surface area contributed by atoms with E-state index < -0.39 is 0 Å². The summed E-state index contributed by atoms with van der Waals surface area (Å²) in [6.45, 7) is 2.47. The SMILES string of the molecule is CCOc1cc(Nc2nc(Cl)nc3ccsc23)[nH]n1. The fraction of sp³-hybridized carbons (Fsp3) is 0.182. The number of nitrogens with zero attached hydrogens (tertiary/aromatic N) is 3. The monoisotopic (exact) mass is 295 g/mol. The van der Waals surface area contributed by atoms with Gasteiger partial charge in [-0.15, -0.1) is 16.4 Å². The molecular weight excluding hydrogens is 286 g/mol. The van der Waals surface area contributed by atoms with E-state index >= 15 is 0 Å². The van der Waals surface area contributed by atoms with Gasteiger partial charge in [-0.05, 0) is 30.0 Å². The molecule has 6 nitrogen and oxygen atoms in total. The molecule has 98 valence electrons. The summed E-state index contributed by atoms with van der Waals surface area (Å²) in [7, 11) is 0. The molecule has 0 amide bonds. The third-order valence-electron chi connectivity index (χ3n) is 2.38. The van der Waals surface area contributed by atoms with Crippen LogP contribution in [0, 0.1) is 0 Å². The lowest BCUT2D eigenvalue weighted by molar-refractivity contribution is 0.326. The summed E-state index contributed by atoms with van der Waals surface area (Å²) >= 11 is 7.44. The Morgan fingerprint density at radius 3 is 3.21 bits per heavy atom. The van der Waals surface area contributed by atoms with Crippen LogP contribution in [0.25, 0.3) is 10.2 Å². The van der Waals surface area contributed by atoms with Crippen molar-refractivity contribution in [3.8, 4) is 5.88 Å². The zero-order valence-corrected chi connectivity index (χ0v) is 11.5. The van der Waals surface area contributed by atoms with Crippen molar-refractivity contribution in [2.45, 2.75) is 6.92 Å². The zero-order valence-electron chi connectivity index (χ0n) is 9.98. The largest absolute Gasteiger partial charge is 0.477 e. The van der Waals surface area contributed by atoms with Crippen molar-refractivity contribution in [1.29, 1.82) is 0 Å². The van der Waals surface area contributed by atoms with Gasteiger partial charge in [-0.25, -0.2) is 4.98 Å². The zero-order chi connectivity index (χ0) is 13.2. The Hall–Kier alpha value is -1.86. The number of nitrogens with one attached hydrogen (secondary N) is 2. The average Bonchev–Trinajstić information content (AvgIpc) is 2.98. The molecule has 0 radical (unpaired) electrons. The van der Waals surface area contributed by atoms with E-state index in [1.807, 2.05) is 18.4 Å². The van der Waals surface area contributed by atoms with Crippen LogP contribution in [0.3, 0.4) is 0 Å². The van der Waals surface area contributed by atoms with Crippen LogP contribution >= 0.6 is 22.9 Å². The van der Waals surface area contributed by atoms with Crippen molar-refractivity contribution < 1.29 is 4.74 Å². The smallest absolute Gasteiger partial charge is 0.234 e. The molecule has 0 spiro atoms. The lowest BCUT2D eigenvalue weighted by atomic mass is 10.4. The normalized spacial score (nSPS) is 10.8. The van der Waals surface area contributed by atoms with E-state index in [4.69, 9.17) is 16.3 Å². The van der Waals surface area contributed by atoms with Crippen molar-refractivity contribution in [3.05, 3.63) is 22.8 Å². The lowest BCUT2D eigenvalue weighted by Crippen LogP contribution is -1.95. The molecule has 0 unspecified atom stereocenters. The molecule has 0 aliphatic rings. The number of hydrogen-bond donors (Lipinski definition) is 2. The maximum Gasteiger partial charge on any atom is 0.234 e. The van der Waals surface area contributed by atoms with E-state index in [1.165, 1.54) is 0 Å². The first-order valence-electron chi connectivity index (χ1n) is 5.62. The molecule has 0 atom stereocenters. The fourth-order valence-electron chi connectivity index (χ4n) is 1.64. The van der Waals surface area contributed by atoms with Crippen molar-refractivity contribution >= 4 is 44.8 Å². The molecule has 3 heterocycles. The van der Waals surface area contributed by atoms with Gasteiger partial charge in [0.1, 0.15) is 5.82 Å². The summed E-state index contributed by atoms with van der Waals surface area (Å²) in [5.74, 6) is 1.87. The second kappa shape index (κ2) is 5.02. The predicted octanol–water partition coefficient (Wildman–Crippen LogP) is 3.21. The third kappa shape index (κ3) is 2.47. The van der Waals surface area contributed by atoms with Gasteiger partial charge in [-0.1, -0.05) is 0 Å². The van der Waals surface area contributed by atoms with Gasteiger partial charge >= 0.3 is 0 Å². The number of anilines is 2. The van der Waals surface area contributed by atoms with Gasteiger partial charge < -0.3 is 10.1 Å². The minimum atomic E-state index is 0.206. The molecule has 3 rings (SSSR count). The Bertz CT molecular complexity index is 710. The maximum absolute atomic E-state index is 5.89. The molecule has 0 saturated heterocycles. The van der Waals surface area contributed by atoms with E-state index in [0.717, 1.165) is 10.2 Å². The highest BCUT2D eigenvalue weighted by molar-refractivity contribution is 7.17. The molecule has 2 N–H and O–H groups in total. The summed E-state index contributed by atoms with van der Waals surface area (Å²) in [4.78, 5) is 8.34. The highest BCUT2D eigenvalue weighted by Gasteiger charge is 2.10. The Balaban J connectivity index is 1.93. The van der Waals surface area contributed by atoms with Crippen molar-refractivity contribution in [1.82, 2.24) is 20.2 Å². The first-order chi connectivity index (χ1) is 9.26. The van der Waals surface area contributed by atoms with Crippen LogP contribution < -0.4 is 10.1 Å². The maximum atomic E-state index is 5.89. The van der Waals surface area contributed by atoms with E-state index in [1.54, 1.807) is 17.4 Å². The summed E-state index contributed by atoms with van der Waals surface area (Å²) in [6, 6.07) is 3.66. The van der Waals surface area contributed by atoms with E-state index in [2.05, 4.69) is 25.5 Å². The lowest BCUT2D eigenvalue weighted by Gasteiger charge is -2.03. The first kappa shape index (κ1) is 12.2. The van der Waals surface area contributed by atoms with Gasteiger partial charge in [-0.3, -0.25) is 5.10 Å². The molecule has 0 saturated carbocycles. The second-order valence-corrected chi connectivity index (χ2v) is 4.91. The molecule has 0 fully saturated rings. The number of H-pyrrole nitrogens is 1. The van der Waals surface area contributed by atoms with Crippen molar-refractivity contribution in [2.75, 3.05) is 11.9 Å². The minimum Gasteiger partial charge on any atom is -0.477 e. The van der Waals surface area contributed by atoms with Gasteiger partial charge in [0.2, 0.25) is 11.2 Å². The Labute approximate surface area is 117 Å². The van der Waals surface area contributed by atoms with Gasteiger partial charge in [-0.2, -0.15) is 4.98 Å². The van der Waals surface area contributed by atoms with Gasteiger partial charge in [0.15, 0.2) is 5.82 Å². The van der Waals surface area contributed by atoms with Gasteiger partial charge in [0, 0.05) is 6.07 Å². The summed E-state index contributed by atoms with van der Waals surface area (Å²) in [5, 5.41) is 12.1. The molecule has 0 aromatic carbocycles. The highest BCUT2D eigenvalue weighted by Crippen LogP contribution is 2.29. The number of aromatic amines is 1. The van der Waals surface area contributed by atoms with Gasteiger partial charge in [0.05, 0.1) is 16.8 Å². The van der Waals surface area contributed by atoms with E-state index in [0.29, 0.717) is 24.1 Å². The van der Waals surface area contributed by atoms with Crippen LogP contribution in [-0.4, -0.2) is 26.8 Å². The average molecular weight is 296 g/mol. The number of thiophene rings is 1. The van der Waals surface area contributed by atoms with E-state index in [9.17, 15) is 0 Å². The minimum absolute atomic E-state index is 0.206. The van der Waals surface area contributed by atoms with Crippen LogP contribution in [0.15, 0.2) is 17.5 Å². The standard InChI is InChI=1S/C11H10ClN5OS/c1-2-18-8-5-7(16-17-8)14-10-9-6(3-4-19-9)13-11(12)15-10/h3-5H,2H2,1H3,(H2,13,14,15,16,17). The first-order valence-corrected chi connectivity index (χ1v) is 6.88. The Kier molecular flexibility index (Phi) is 3.22. The number of fused-ring (bicyclic) bond motifs is 1. The summed E-state index contributed by atoms with van der Waals surface area (Å²) < 4.78 is 6.22. The number of hydrogen-bond acceptors (Lipinski definition) is 6. The second-order valence-electron chi connectivity index (χ2n) is 3.65. The molecule has 8 heteroatoms. The summed E-state index contributed by atoms with van der Waals surface area (Å²) in [5.41, 5.74) is 0.817. The van der Waals surface area contributed by atoms with Crippen LogP contribution in [0.2, 0.25) is 5.28 Å². The predicted molar refractivity (Wildman–Crippen MR) is 75.5 cm³/mol. The number of ether oxygens (including phenoxy) is 1. The topological polar surface area (TPSA) is 75.7 Å². The molecular formula is C11H10ClN5OS. The molecule has 0 aliphatic carbocycles.